The normalized spacial score (nSPS) is 11.5. The highest BCUT2D eigenvalue weighted by Crippen LogP contribution is 2.19. The Bertz CT molecular complexity index is 680. The number of sulfonamides is 1. The molecule has 0 amide bonds. The maximum atomic E-state index is 12.3. The quantitative estimate of drug-likeness (QED) is 0.850. The van der Waals surface area contributed by atoms with Crippen LogP contribution < -0.4 is 10.0 Å². The van der Waals surface area contributed by atoms with Gasteiger partial charge in [0.1, 0.15) is 16.4 Å². The molecule has 20 heavy (non-hydrogen) atoms. The fourth-order valence-electron chi connectivity index (χ4n) is 1.75. The van der Waals surface area contributed by atoms with Crippen molar-refractivity contribution in [2.24, 2.45) is 0 Å². The van der Waals surface area contributed by atoms with Crippen LogP contribution in [0.4, 0.5) is 5.69 Å². The number of aromatic nitrogens is 1. The number of anilines is 1. The Morgan fingerprint density at radius 2 is 2.10 bits per heavy atom. The highest BCUT2D eigenvalue weighted by molar-refractivity contribution is 7.89. The highest BCUT2D eigenvalue weighted by Gasteiger charge is 2.18. The van der Waals surface area contributed by atoms with Crippen LogP contribution in [0.2, 0.25) is 0 Å². The summed E-state index contributed by atoms with van der Waals surface area (Å²) in [7, 11) is -3.64. The van der Waals surface area contributed by atoms with Gasteiger partial charge in [-0.2, -0.15) is 0 Å². The van der Waals surface area contributed by atoms with Crippen LogP contribution in [-0.4, -0.2) is 19.9 Å². The van der Waals surface area contributed by atoms with Crippen molar-refractivity contribution in [2.75, 3.05) is 11.9 Å². The summed E-state index contributed by atoms with van der Waals surface area (Å²) >= 11 is 0. The number of rotatable bonds is 6. The molecule has 2 aromatic heterocycles. The van der Waals surface area contributed by atoms with Crippen molar-refractivity contribution in [3.63, 3.8) is 0 Å². The number of furan rings is 1. The molecule has 0 atom stereocenters. The molecule has 0 aliphatic rings. The monoisotopic (exact) mass is 295 g/mol. The third-order valence-electron chi connectivity index (χ3n) is 2.67. The molecule has 2 heterocycles. The van der Waals surface area contributed by atoms with Gasteiger partial charge in [0.2, 0.25) is 10.0 Å². The number of nitrogens with zero attached hydrogens (tertiary/aromatic N) is 1. The van der Waals surface area contributed by atoms with Gasteiger partial charge in [0, 0.05) is 18.9 Å². The van der Waals surface area contributed by atoms with Gasteiger partial charge in [-0.25, -0.2) is 13.1 Å². The number of hydrogen-bond acceptors (Lipinski definition) is 5. The molecule has 0 radical (unpaired) electrons. The zero-order valence-corrected chi connectivity index (χ0v) is 12.2. The minimum atomic E-state index is -3.64. The first-order valence-corrected chi connectivity index (χ1v) is 7.74. The second-order valence-electron chi connectivity index (χ2n) is 4.24. The summed E-state index contributed by atoms with van der Waals surface area (Å²) in [5, 5.41) is 3.00. The van der Waals surface area contributed by atoms with E-state index in [9.17, 15) is 8.42 Å². The van der Waals surface area contributed by atoms with E-state index in [0.29, 0.717) is 18.0 Å². The van der Waals surface area contributed by atoms with Crippen LogP contribution in [-0.2, 0) is 16.6 Å². The average Bonchev–Trinajstić information content (AvgIpc) is 2.83. The molecule has 0 aliphatic heterocycles. The van der Waals surface area contributed by atoms with Crippen molar-refractivity contribution >= 4 is 15.7 Å². The lowest BCUT2D eigenvalue weighted by atomic mass is 10.4. The van der Waals surface area contributed by atoms with E-state index < -0.39 is 10.0 Å². The SMILES string of the molecule is CCNc1ccncc1S(=O)(=O)NCc1ccc(C)o1. The van der Waals surface area contributed by atoms with Crippen LogP contribution in [0.15, 0.2) is 39.9 Å². The van der Waals surface area contributed by atoms with Crippen molar-refractivity contribution in [1.82, 2.24) is 9.71 Å². The van der Waals surface area contributed by atoms with E-state index in [1.54, 1.807) is 24.4 Å². The van der Waals surface area contributed by atoms with Crippen molar-refractivity contribution in [3.8, 4) is 0 Å². The minimum absolute atomic E-state index is 0.108. The predicted octanol–water partition coefficient (Wildman–Crippen LogP) is 1.89. The van der Waals surface area contributed by atoms with E-state index in [2.05, 4.69) is 15.0 Å². The van der Waals surface area contributed by atoms with Gasteiger partial charge < -0.3 is 9.73 Å². The number of aryl methyl sites for hydroxylation is 1. The van der Waals surface area contributed by atoms with Crippen molar-refractivity contribution in [2.45, 2.75) is 25.3 Å². The Balaban J connectivity index is 2.18. The molecule has 0 saturated heterocycles. The molecule has 0 unspecified atom stereocenters. The van der Waals surface area contributed by atoms with Crippen molar-refractivity contribution in [1.29, 1.82) is 0 Å². The van der Waals surface area contributed by atoms with E-state index >= 15 is 0 Å². The molecular weight excluding hydrogens is 278 g/mol. The van der Waals surface area contributed by atoms with Crippen LogP contribution in [0.3, 0.4) is 0 Å². The van der Waals surface area contributed by atoms with Crippen molar-refractivity contribution < 1.29 is 12.8 Å². The summed E-state index contributed by atoms with van der Waals surface area (Å²) in [6.45, 7) is 4.44. The molecule has 2 aromatic rings. The van der Waals surface area contributed by atoms with Crippen LogP contribution in [0.1, 0.15) is 18.4 Å². The lowest BCUT2D eigenvalue weighted by Crippen LogP contribution is -2.24. The minimum Gasteiger partial charge on any atom is -0.465 e. The summed E-state index contributed by atoms with van der Waals surface area (Å²) < 4.78 is 32.4. The third-order valence-corrected chi connectivity index (χ3v) is 4.10. The molecule has 2 N–H and O–H groups in total. The van der Waals surface area contributed by atoms with Crippen LogP contribution in [0.5, 0.6) is 0 Å². The predicted molar refractivity (Wildman–Crippen MR) is 75.9 cm³/mol. The molecule has 0 spiro atoms. The molecule has 0 aromatic carbocycles. The fourth-order valence-corrected chi connectivity index (χ4v) is 2.87. The standard InChI is InChI=1S/C13H17N3O3S/c1-3-15-12-6-7-14-9-13(12)20(17,18)16-8-11-5-4-10(2)19-11/h4-7,9,16H,3,8H2,1-2H3,(H,14,15). The summed E-state index contributed by atoms with van der Waals surface area (Å²) in [5.74, 6) is 1.31. The van der Waals surface area contributed by atoms with E-state index in [0.717, 1.165) is 5.76 Å². The molecule has 7 heteroatoms. The zero-order valence-electron chi connectivity index (χ0n) is 11.4. The van der Waals surface area contributed by atoms with Gasteiger partial charge >= 0.3 is 0 Å². The molecule has 0 fully saturated rings. The van der Waals surface area contributed by atoms with Gasteiger partial charge in [0.25, 0.3) is 0 Å². The topological polar surface area (TPSA) is 84.2 Å². The van der Waals surface area contributed by atoms with Crippen LogP contribution >= 0.6 is 0 Å². The maximum absolute atomic E-state index is 12.3. The first kappa shape index (κ1) is 14.5. The second kappa shape index (κ2) is 6.06. The molecule has 6 nitrogen and oxygen atoms in total. The van der Waals surface area contributed by atoms with Gasteiger partial charge in [0.05, 0.1) is 12.2 Å². The Morgan fingerprint density at radius 3 is 2.75 bits per heavy atom. The van der Waals surface area contributed by atoms with E-state index in [1.165, 1.54) is 6.20 Å². The van der Waals surface area contributed by atoms with E-state index in [-0.39, 0.29) is 11.4 Å². The number of pyridine rings is 1. The van der Waals surface area contributed by atoms with E-state index in [1.807, 2.05) is 13.8 Å². The largest absolute Gasteiger partial charge is 0.465 e. The van der Waals surface area contributed by atoms with Gasteiger partial charge in [-0.3, -0.25) is 4.98 Å². The Kier molecular flexibility index (Phi) is 4.41. The van der Waals surface area contributed by atoms with Gasteiger partial charge in [-0.1, -0.05) is 0 Å². The first-order valence-electron chi connectivity index (χ1n) is 6.26. The molecule has 2 rings (SSSR count). The van der Waals surface area contributed by atoms with Gasteiger partial charge in [0.15, 0.2) is 0 Å². The lowest BCUT2D eigenvalue weighted by molar-refractivity contribution is 0.475. The van der Waals surface area contributed by atoms with Gasteiger partial charge in [-0.15, -0.1) is 0 Å². The fraction of sp³-hybridized carbons (Fsp3) is 0.308. The summed E-state index contributed by atoms with van der Waals surface area (Å²) in [6.07, 6.45) is 2.88. The molecular formula is C13H17N3O3S. The molecule has 0 bridgehead atoms. The Labute approximate surface area is 118 Å². The number of nitrogens with one attached hydrogen (secondary N) is 2. The maximum Gasteiger partial charge on any atom is 0.244 e. The van der Waals surface area contributed by atoms with Crippen LogP contribution in [0, 0.1) is 6.92 Å². The molecule has 108 valence electrons. The zero-order chi connectivity index (χ0) is 14.6. The van der Waals surface area contributed by atoms with Crippen LogP contribution in [0.25, 0.3) is 0 Å². The summed E-state index contributed by atoms with van der Waals surface area (Å²) in [4.78, 5) is 4.00. The molecule has 0 aliphatic carbocycles. The average molecular weight is 295 g/mol. The lowest BCUT2D eigenvalue weighted by Gasteiger charge is -2.11. The highest BCUT2D eigenvalue weighted by atomic mass is 32.2. The molecule has 0 saturated carbocycles. The summed E-state index contributed by atoms with van der Waals surface area (Å²) in [5.41, 5.74) is 0.533. The Morgan fingerprint density at radius 1 is 1.30 bits per heavy atom. The second-order valence-corrected chi connectivity index (χ2v) is 5.97. The number of hydrogen-bond donors (Lipinski definition) is 2. The third kappa shape index (κ3) is 3.37. The van der Waals surface area contributed by atoms with Gasteiger partial charge in [-0.05, 0) is 32.0 Å². The smallest absolute Gasteiger partial charge is 0.244 e. The van der Waals surface area contributed by atoms with E-state index in [4.69, 9.17) is 4.42 Å². The summed E-state index contributed by atoms with van der Waals surface area (Å²) in [6, 6.07) is 5.17. The Hall–Kier alpha value is -1.86. The first-order chi connectivity index (χ1) is 9.53. The van der Waals surface area contributed by atoms with Crippen molar-refractivity contribution in [3.05, 3.63) is 42.1 Å².